The number of nitrogens with zero attached hydrogens (tertiary/aromatic N) is 2. The van der Waals surface area contributed by atoms with Gasteiger partial charge in [0.2, 0.25) is 0 Å². The molecule has 0 radical (unpaired) electrons. The van der Waals surface area contributed by atoms with Gasteiger partial charge in [-0.25, -0.2) is 9.50 Å². The number of nitrogens with one attached hydrogen (secondary N) is 1. The molecule has 92 valence electrons. The summed E-state index contributed by atoms with van der Waals surface area (Å²) >= 11 is 0. The van der Waals surface area contributed by atoms with E-state index in [-0.39, 0.29) is 5.65 Å². The maximum Gasteiger partial charge on any atom is 0.433 e. The summed E-state index contributed by atoms with van der Waals surface area (Å²) in [5.74, 6) is 0. The number of hydrogen-bond donors (Lipinski definition) is 1. The Morgan fingerprint density at radius 3 is 2.71 bits per heavy atom. The highest BCUT2D eigenvalue weighted by Gasteiger charge is 2.33. The Balaban J connectivity index is 2.61. The van der Waals surface area contributed by atoms with Crippen molar-refractivity contribution in [1.29, 1.82) is 0 Å². The van der Waals surface area contributed by atoms with Crippen molar-refractivity contribution in [3.05, 3.63) is 33.9 Å². The third-order valence-electron chi connectivity index (χ3n) is 2.31. The first-order valence-electron chi connectivity index (χ1n) is 5.10. The van der Waals surface area contributed by atoms with E-state index in [2.05, 4.69) is 10.1 Å². The van der Waals surface area contributed by atoms with Crippen LogP contribution in [0.1, 0.15) is 24.7 Å². The molecular formula is C10H10F3N3O. The van der Waals surface area contributed by atoms with Crippen LogP contribution in [0, 0.1) is 0 Å². The average molecular weight is 245 g/mol. The molecule has 17 heavy (non-hydrogen) atoms. The van der Waals surface area contributed by atoms with Crippen LogP contribution in [-0.4, -0.2) is 14.6 Å². The Hall–Kier alpha value is -1.79. The van der Waals surface area contributed by atoms with Crippen LogP contribution in [0.5, 0.6) is 0 Å². The summed E-state index contributed by atoms with van der Waals surface area (Å²) in [5.41, 5.74) is -1.24. The number of alkyl halides is 3. The van der Waals surface area contributed by atoms with Crippen molar-refractivity contribution in [3.63, 3.8) is 0 Å². The first-order chi connectivity index (χ1) is 7.91. The maximum atomic E-state index is 12.4. The minimum atomic E-state index is -4.60. The van der Waals surface area contributed by atoms with E-state index < -0.39 is 17.4 Å². The summed E-state index contributed by atoms with van der Waals surface area (Å²) in [5, 5.41) is 2.72. The van der Waals surface area contributed by atoms with Crippen molar-refractivity contribution >= 4 is 5.65 Å². The van der Waals surface area contributed by atoms with Crippen LogP contribution in [0.4, 0.5) is 13.2 Å². The lowest BCUT2D eigenvalue weighted by molar-refractivity contribution is -0.141. The second-order valence-corrected chi connectivity index (χ2v) is 3.70. The number of rotatable bonds is 2. The summed E-state index contributed by atoms with van der Waals surface area (Å²) in [6.45, 7) is 1.93. The van der Waals surface area contributed by atoms with E-state index in [4.69, 9.17) is 0 Å². The van der Waals surface area contributed by atoms with Crippen molar-refractivity contribution in [1.82, 2.24) is 14.6 Å². The minimum absolute atomic E-state index is 0.00623. The third kappa shape index (κ3) is 2.17. The lowest BCUT2D eigenvalue weighted by atomic mass is 10.2. The topological polar surface area (TPSA) is 50.2 Å². The molecule has 0 bridgehead atoms. The standard InChI is InChI=1S/C10H10F3N3O/c1-2-3-6-4-8-14-7(10(11,12)13)5-9(17)16(8)15-6/h4-5,15H,2-3H2,1H3. The van der Waals surface area contributed by atoms with Crippen LogP contribution in [0.3, 0.4) is 0 Å². The molecule has 2 aromatic heterocycles. The largest absolute Gasteiger partial charge is 0.433 e. The zero-order valence-corrected chi connectivity index (χ0v) is 9.01. The number of aromatic nitrogens is 3. The molecule has 1 N–H and O–H groups in total. The van der Waals surface area contributed by atoms with Gasteiger partial charge in [-0.05, 0) is 6.42 Å². The number of aromatic amines is 1. The molecule has 0 saturated carbocycles. The van der Waals surface area contributed by atoms with Gasteiger partial charge in [0.05, 0.1) is 0 Å². The molecule has 0 aliphatic heterocycles. The van der Waals surface area contributed by atoms with E-state index in [1.54, 1.807) is 0 Å². The maximum absolute atomic E-state index is 12.4. The molecular weight excluding hydrogens is 235 g/mol. The molecule has 4 nitrogen and oxygen atoms in total. The van der Waals surface area contributed by atoms with Gasteiger partial charge in [0, 0.05) is 17.8 Å². The van der Waals surface area contributed by atoms with E-state index in [0.717, 1.165) is 10.9 Å². The van der Waals surface area contributed by atoms with E-state index >= 15 is 0 Å². The SMILES string of the molecule is CCCc1cc2nc(C(F)(F)F)cc(=O)n2[nH]1. The predicted octanol–water partition coefficient (Wildman–Crippen LogP) is 1.99. The van der Waals surface area contributed by atoms with E-state index in [9.17, 15) is 18.0 Å². The van der Waals surface area contributed by atoms with E-state index in [1.807, 2.05) is 6.92 Å². The molecule has 0 unspecified atom stereocenters. The van der Waals surface area contributed by atoms with Crippen LogP contribution in [0.25, 0.3) is 5.65 Å². The normalized spacial score (nSPS) is 12.2. The number of H-pyrrole nitrogens is 1. The Bertz CT molecular complexity index is 597. The van der Waals surface area contributed by atoms with Gasteiger partial charge in [0.1, 0.15) is 0 Å². The molecule has 0 atom stereocenters. The third-order valence-corrected chi connectivity index (χ3v) is 2.31. The lowest BCUT2D eigenvalue weighted by Gasteiger charge is -2.04. The Labute approximate surface area is 94.1 Å². The van der Waals surface area contributed by atoms with Crippen molar-refractivity contribution in [3.8, 4) is 0 Å². The fourth-order valence-electron chi connectivity index (χ4n) is 1.58. The van der Waals surface area contributed by atoms with Crippen molar-refractivity contribution in [2.75, 3.05) is 0 Å². The molecule has 0 amide bonds. The summed E-state index contributed by atoms with van der Waals surface area (Å²) < 4.78 is 38.3. The second kappa shape index (κ2) is 3.90. The summed E-state index contributed by atoms with van der Waals surface area (Å²) in [7, 11) is 0. The molecule has 0 aliphatic carbocycles. The molecule has 0 spiro atoms. The molecule has 0 aromatic carbocycles. The highest BCUT2D eigenvalue weighted by atomic mass is 19.4. The van der Waals surface area contributed by atoms with Crippen LogP contribution < -0.4 is 5.56 Å². The highest BCUT2D eigenvalue weighted by Crippen LogP contribution is 2.26. The summed E-state index contributed by atoms with van der Waals surface area (Å²) in [6.07, 6.45) is -3.12. The summed E-state index contributed by atoms with van der Waals surface area (Å²) in [6, 6.07) is 1.94. The number of fused-ring (bicyclic) bond motifs is 1. The quantitative estimate of drug-likeness (QED) is 0.879. The number of halogens is 3. The molecule has 2 aromatic rings. The van der Waals surface area contributed by atoms with Crippen LogP contribution >= 0.6 is 0 Å². The smallest absolute Gasteiger partial charge is 0.294 e. The van der Waals surface area contributed by atoms with Crippen molar-refractivity contribution in [2.45, 2.75) is 25.9 Å². The number of aryl methyl sites for hydroxylation is 1. The Kier molecular flexibility index (Phi) is 2.68. The van der Waals surface area contributed by atoms with Gasteiger partial charge >= 0.3 is 6.18 Å². The zero-order valence-electron chi connectivity index (χ0n) is 9.01. The predicted molar refractivity (Wildman–Crippen MR) is 54.8 cm³/mol. The van der Waals surface area contributed by atoms with Crippen LogP contribution in [0.15, 0.2) is 16.9 Å². The molecule has 0 aliphatic rings. The average Bonchev–Trinajstić information content (AvgIpc) is 2.60. The van der Waals surface area contributed by atoms with E-state index in [0.29, 0.717) is 18.2 Å². The van der Waals surface area contributed by atoms with Crippen molar-refractivity contribution in [2.24, 2.45) is 0 Å². The molecule has 0 saturated heterocycles. The van der Waals surface area contributed by atoms with Gasteiger partial charge in [-0.1, -0.05) is 13.3 Å². The molecule has 2 heterocycles. The fraction of sp³-hybridized carbons (Fsp3) is 0.400. The van der Waals surface area contributed by atoms with Gasteiger partial charge in [0.15, 0.2) is 11.3 Å². The van der Waals surface area contributed by atoms with E-state index in [1.165, 1.54) is 6.07 Å². The minimum Gasteiger partial charge on any atom is -0.294 e. The molecule has 2 rings (SSSR count). The van der Waals surface area contributed by atoms with Gasteiger partial charge < -0.3 is 0 Å². The lowest BCUT2D eigenvalue weighted by Crippen LogP contribution is -2.19. The first-order valence-corrected chi connectivity index (χ1v) is 5.10. The summed E-state index contributed by atoms with van der Waals surface area (Å²) in [4.78, 5) is 14.9. The second-order valence-electron chi connectivity index (χ2n) is 3.70. The first kappa shape index (κ1) is 11.7. The van der Waals surface area contributed by atoms with Gasteiger partial charge in [-0.3, -0.25) is 9.89 Å². The van der Waals surface area contributed by atoms with Gasteiger partial charge in [-0.2, -0.15) is 13.2 Å². The van der Waals surface area contributed by atoms with Gasteiger partial charge in [0.25, 0.3) is 5.56 Å². The van der Waals surface area contributed by atoms with Crippen LogP contribution in [-0.2, 0) is 12.6 Å². The van der Waals surface area contributed by atoms with Crippen LogP contribution in [0.2, 0.25) is 0 Å². The number of hydrogen-bond acceptors (Lipinski definition) is 2. The fourth-order valence-corrected chi connectivity index (χ4v) is 1.58. The Morgan fingerprint density at radius 2 is 2.12 bits per heavy atom. The molecule has 7 heteroatoms. The van der Waals surface area contributed by atoms with Crippen molar-refractivity contribution < 1.29 is 13.2 Å². The zero-order chi connectivity index (χ0) is 12.6. The highest BCUT2D eigenvalue weighted by molar-refractivity contribution is 5.40. The Morgan fingerprint density at radius 1 is 1.41 bits per heavy atom. The molecule has 0 fully saturated rings. The monoisotopic (exact) mass is 245 g/mol. The van der Waals surface area contributed by atoms with Gasteiger partial charge in [-0.15, -0.1) is 0 Å².